The summed E-state index contributed by atoms with van der Waals surface area (Å²) in [6.45, 7) is 5.64. The molecule has 1 fully saturated rings. The van der Waals surface area contributed by atoms with Crippen molar-refractivity contribution in [2.24, 2.45) is 0 Å². The molecule has 0 radical (unpaired) electrons. The van der Waals surface area contributed by atoms with Gasteiger partial charge < -0.3 is 14.2 Å². The molecule has 0 N–H and O–H groups in total. The molecule has 0 aromatic heterocycles. The number of methoxy groups -OCH3 is 1. The average molecular weight is 365 g/mol. The number of benzene rings is 1. The van der Waals surface area contributed by atoms with Crippen LogP contribution in [0.4, 0.5) is 4.79 Å². The van der Waals surface area contributed by atoms with Gasteiger partial charge in [0.1, 0.15) is 0 Å². The van der Waals surface area contributed by atoms with Crippen LogP contribution in [0.2, 0.25) is 0 Å². The van der Waals surface area contributed by atoms with Crippen molar-refractivity contribution < 1.29 is 23.8 Å². The first-order valence-electron chi connectivity index (χ1n) is 8.24. The summed E-state index contributed by atoms with van der Waals surface area (Å²) >= 11 is 0.935. The van der Waals surface area contributed by atoms with Gasteiger partial charge in [-0.25, -0.2) is 0 Å². The average Bonchev–Trinajstić information content (AvgIpc) is 2.86. The maximum atomic E-state index is 12.3. The van der Waals surface area contributed by atoms with Crippen molar-refractivity contribution >= 4 is 29.0 Å². The van der Waals surface area contributed by atoms with Gasteiger partial charge in [0.15, 0.2) is 11.5 Å². The number of hydrogen-bond acceptors (Lipinski definition) is 6. The number of ether oxygens (including phenoxy) is 3. The van der Waals surface area contributed by atoms with E-state index in [9.17, 15) is 9.59 Å². The number of carbonyl (C=O) groups excluding carboxylic acids is 2. The van der Waals surface area contributed by atoms with Crippen LogP contribution in [0.25, 0.3) is 6.08 Å². The van der Waals surface area contributed by atoms with Gasteiger partial charge in [0, 0.05) is 7.11 Å². The van der Waals surface area contributed by atoms with E-state index in [4.69, 9.17) is 14.2 Å². The van der Waals surface area contributed by atoms with E-state index in [2.05, 4.69) is 0 Å². The van der Waals surface area contributed by atoms with Crippen LogP contribution in [0.5, 0.6) is 11.5 Å². The number of amides is 2. The lowest BCUT2D eigenvalue weighted by molar-refractivity contribution is -0.123. The van der Waals surface area contributed by atoms with Gasteiger partial charge in [-0.2, -0.15) is 0 Å². The summed E-state index contributed by atoms with van der Waals surface area (Å²) in [5, 5.41) is -0.277. The Kier molecular flexibility index (Phi) is 7.33. The molecule has 1 heterocycles. The zero-order valence-electron chi connectivity index (χ0n) is 14.7. The zero-order chi connectivity index (χ0) is 18.2. The van der Waals surface area contributed by atoms with E-state index in [1.54, 1.807) is 6.08 Å². The van der Waals surface area contributed by atoms with E-state index in [1.165, 1.54) is 12.0 Å². The molecule has 1 aliphatic heterocycles. The molecule has 1 saturated heterocycles. The number of carbonyl (C=O) groups is 2. The van der Waals surface area contributed by atoms with E-state index in [0.29, 0.717) is 36.2 Å². The standard InChI is InChI=1S/C18H23NO5S/c1-4-9-24-14-7-6-13(11-15(14)23-5-2)12-16-17(20)19(8-10-22-3)18(21)25-16/h6-7,11-12H,4-5,8-10H2,1-3H3/b16-12-. The Labute approximate surface area is 152 Å². The number of imide groups is 1. The molecule has 0 bridgehead atoms. The highest BCUT2D eigenvalue weighted by molar-refractivity contribution is 8.18. The molecule has 7 heteroatoms. The van der Waals surface area contributed by atoms with Gasteiger partial charge in [-0.05, 0) is 48.9 Å². The summed E-state index contributed by atoms with van der Waals surface area (Å²) in [7, 11) is 1.53. The molecule has 6 nitrogen and oxygen atoms in total. The van der Waals surface area contributed by atoms with Crippen LogP contribution in [0.1, 0.15) is 25.8 Å². The van der Waals surface area contributed by atoms with Crippen LogP contribution in [-0.2, 0) is 9.53 Å². The third-order valence-corrected chi connectivity index (χ3v) is 4.33. The largest absolute Gasteiger partial charge is 0.490 e. The highest BCUT2D eigenvalue weighted by Gasteiger charge is 2.34. The molecule has 2 rings (SSSR count). The minimum atomic E-state index is -0.295. The lowest BCUT2D eigenvalue weighted by atomic mass is 10.2. The van der Waals surface area contributed by atoms with Crippen molar-refractivity contribution in [3.05, 3.63) is 28.7 Å². The van der Waals surface area contributed by atoms with E-state index in [0.717, 1.165) is 23.7 Å². The third-order valence-electron chi connectivity index (χ3n) is 3.42. The van der Waals surface area contributed by atoms with E-state index >= 15 is 0 Å². The van der Waals surface area contributed by atoms with Gasteiger partial charge in [0.2, 0.25) is 0 Å². The van der Waals surface area contributed by atoms with Crippen molar-refractivity contribution in [3.8, 4) is 11.5 Å². The highest BCUT2D eigenvalue weighted by Crippen LogP contribution is 2.34. The molecule has 2 amide bonds. The van der Waals surface area contributed by atoms with Crippen molar-refractivity contribution in [2.75, 3.05) is 33.5 Å². The molecule has 25 heavy (non-hydrogen) atoms. The predicted octanol–water partition coefficient (Wildman–Crippen LogP) is 3.56. The summed E-state index contributed by atoms with van der Waals surface area (Å²) in [4.78, 5) is 25.9. The smallest absolute Gasteiger partial charge is 0.293 e. The zero-order valence-corrected chi connectivity index (χ0v) is 15.6. The van der Waals surface area contributed by atoms with Crippen LogP contribution in [0.15, 0.2) is 23.1 Å². The third kappa shape index (κ3) is 4.99. The number of rotatable bonds is 9. The second-order valence-corrected chi connectivity index (χ2v) is 6.31. The van der Waals surface area contributed by atoms with Crippen LogP contribution in [0, 0.1) is 0 Å². The van der Waals surface area contributed by atoms with E-state index in [1.807, 2.05) is 32.0 Å². The maximum Gasteiger partial charge on any atom is 0.293 e. The summed E-state index contributed by atoms with van der Waals surface area (Å²) in [5.74, 6) is 1.01. The fourth-order valence-electron chi connectivity index (χ4n) is 2.24. The summed E-state index contributed by atoms with van der Waals surface area (Å²) in [6, 6.07) is 5.48. The molecule has 1 aromatic carbocycles. The Balaban J connectivity index is 2.21. The Morgan fingerprint density at radius 1 is 1.12 bits per heavy atom. The summed E-state index contributed by atoms with van der Waals surface area (Å²) in [6.07, 6.45) is 2.60. The first-order chi connectivity index (χ1) is 12.1. The molecule has 1 aromatic rings. The van der Waals surface area contributed by atoms with E-state index < -0.39 is 0 Å². The summed E-state index contributed by atoms with van der Waals surface area (Å²) < 4.78 is 16.2. The van der Waals surface area contributed by atoms with Crippen LogP contribution in [-0.4, -0.2) is 49.5 Å². The van der Waals surface area contributed by atoms with Crippen LogP contribution in [0.3, 0.4) is 0 Å². The first-order valence-corrected chi connectivity index (χ1v) is 9.06. The number of thioether (sulfide) groups is 1. The van der Waals surface area contributed by atoms with Crippen LogP contribution >= 0.6 is 11.8 Å². The molecule has 0 unspecified atom stereocenters. The molecule has 1 aliphatic rings. The molecule has 0 saturated carbocycles. The SMILES string of the molecule is CCCOc1ccc(/C=C2\SC(=O)N(CCOC)C2=O)cc1OCC. The van der Waals surface area contributed by atoms with Gasteiger partial charge in [0.05, 0.1) is 31.3 Å². The molecule has 0 atom stereocenters. The second-order valence-electron chi connectivity index (χ2n) is 5.31. The first kappa shape index (κ1) is 19.3. The minimum absolute atomic E-state index is 0.256. The fourth-order valence-corrected chi connectivity index (χ4v) is 3.11. The van der Waals surface area contributed by atoms with Crippen molar-refractivity contribution in [2.45, 2.75) is 20.3 Å². The minimum Gasteiger partial charge on any atom is -0.490 e. The topological polar surface area (TPSA) is 65.1 Å². The Bertz CT molecular complexity index is 659. The Hall–Kier alpha value is -1.99. The molecular weight excluding hydrogens is 342 g/mol. The molecular formula is C18H23NO5S. The lowest BCUT2D eigenvalue weighted by Crippen LogP contribution is -2.31. The van der Waals surface area contributed by atoms with E-state index in [-0.39, 0.29) is 17.7 Å². The normalized spacial score (nSPS) is 16.0. The molecule has 136 valence electrons. The molecule has 0 aliphatic carbocycles. The maximum absolute atomic E-state index is 12.3. The van der Waals surface area contributed by atoms with Gasteiger partial charge >= 0.3 is 0 Å². The lowest BCUT2D eigenvalue weighted by Gasteiger charge is -2.12. The Morgan fingerprint density at radius 3 is 2.60 bits per heavy atom. The van der Waals surface area contributed by atoms with Crippen LogP contribution < -0.4 is 9.47 Å². The number of hydrogen-bond donors (Lipinski definition) is 0. The van der Waals surface area contributed by atoms with Crippen molar-refractivity contribution in [1.29, 1.82) is 0 Å². The summed E-state index contributed by atoms with van der Waals surface area (Å²) in [5.41, 5.74) is 0.782. The van der Waals surface area contributed by atoms with Gasteiger partial charge in [-0.3, -0.25) is 14.5 Å². The Morgan fingerprint density at radius 2 is 1.92 bits per heavy atom. The van der Waals surface area contributed by atoms with Gasteiger partial charge in [-0.15, -0.1) is 0 Å². The van der Waals surface area contributed by atoms with Crippen molar-refractivity contribution in [3.63, 3.8) is 0 Å². The quantitative estimate of drug-likeness (QED) is 0.624. The fraction of sp³-hybridized carbons (Fsp3) is 0.444. The predicted molar refractivity (Wildman–Crippen MR) is 98.0 cm³/mol. The highest BCUT2D eigenvalue weighted by atomic mass is 32.2. The number of nitrogens with zero attached hydrogens (tertiary/aromatic N) is 1. The van der Waals surface area contributed by atoms with Gasteiger partial charge in [-0.1, -0.05) is 13.0 Å². The monoisotopic (exact) mass is 365 g/mol. The second kappa shape index (κ2) is 9.48. The van der Waals surface area contributed by atoms with Gasteiger partial charge in [0.25, 0.3) is 11.1 Å². The molecule has 0 spiro atoms. The van der Waals surface area contributed by atoms with Crippen molar-refractivity contribution in [1.82, 2.24) is 4.90 Å².